The summed E-state index contributed by atoms with van der Waals surface area (Å²) in [6.07, 6.45) is 0. The Hall–Kier alpha value is -2.44. The first-order chi connectivity index (χ1) is 10.8. The van der Waals surface area contributed by atoms with Crippen molar-refractivity contribution < 1.29 is 23.1 Å². The van der Waals surface area contributed by atoms with Crippen molar-refractivity contribution in [2.75, 3.05) is 20.7 Å². The van der Waals surface area contributed by atoms with Crippen molar-refractivity contribution in [3.8, 4) is 0 Å². The van der Waals surface area contributed by atoms with Gasteiger partial charge < -0.3 is 14.5 Å². The highest BCUT2D eigenvalue weighted by Gasteiger charge is 2.41. The number of esters is 1. The third-order valence-electron chi connectivity index (χ3n) is 3.91. The standard InChI is InChI=1S/C16H18F2N2O3/c1-5-23-15(21)12-9(2)19(3)16(22)20(4)14(12)13-10(17)7-6-8-11(13)18/h6-8,14H,5H2,1-4H3. The first-order valence-electron chi connectivity index (χ1n) is 7.13. The van der Waals surface area contributed by atoms with Crippen molar-refractivity contribution >= 4 is 12.0 Å². The third kappa shape index (κ3) is 2.78. The van der Waals surface area contributed by atoms with Crippen LogP contribution in [0.25, 0.3) is 0 Å². The van der Waals surface area contributed by atoms with Gasteiger partial charge in [-0.1, -0.05) is 6.07 Å². The van der Waals surface area contributed by atoms with E-state index in [1.807, 2.05) is 0 Å². The van der Waals surface area contributed by atoms with Crippen molar-refractivity contribution in [3.63, 3.8) is 0 Å². The molecule has 7 heteroatoms. The number of hydrogen-bond acceptors (Lipinski definition) is 3. The lowest BCUT2D eigenvalue weighted by atomic mass is 9.93. The van der Waals surface area contributed by atoms with Gasteiger partial charge in [-0.05, 0) is 26.0 Å². The topological polar surface area (TPSA) is 49.9 Å². The summed E-state index contributed by atoms with van der Waals surface area (Å²) in [5.41, 5.74) is -0.00138. The maximum absolute atomic E-state index is 14.2. The average Bonchev–Trinajstić information content (AvgIpc) is 2.50. The van der Waals surface area contributed by atoms with Crippen molar-refractivity contribution in [3.05, 3.63) is 46.7 Å². The van der Waals surface area contributed by atoms with E-state index in [4.69, 9.17) is 4.74 Å². The van der Waals surface area contributed by atoms with Crippen LogP contribution >= 0.6 is 0 Å². The van der Waals surface area contributed by atoms with E-state index in [0.29, 0.717) is 5.70 Å². The highest BCUT2D eigenvalue weighted by Crippen LogP contribution is 2.38. The zero-order valence-corrected chi connectivity index (χ0v) is 13.4. The number of halogens is 2. The quantitative estimate of drug-likeness (QED) is 0.803. The van der Waals surface area contributed by atoms with E-state index in [-0.39, 0.29) is 17.7 Å². The van der Waals surface area contributed by atoms with Crippen LogP contribution in [-0.4, -0.2) is 42.5 Å². The summed E-state index contributed by atoms with van der Waals surface area (Å²) < 4.78 is 33.4. The van der Waals surface area contributed by atoms with Crippen molar-refractivity contribution in [1.29, 1.82) is 0 Å². The Morgan fingerprint density at radius 1 is 1.26 bits per heavy atom. The molecule has 1 aromatic rings. The molecule has 0 saturated heterocycles. The van der Waals surface area contributed by atoms with E-state index >= 15 is 0 Å². The highest BCUT2D eigenvalue weighted by atomic mass is 19.1. The lowest BCUT2D eigenvalue weighted by Crippen LogP contribution is -2.47. The molecule has 1 aliphatic rings. The maximum atomic E-state index is 14.2. The molecule has 0 saturated carbocycles. The predicted molar refractivity (Wildman–Crippen MR) is 79.4 cm³/mol. The van der Waals surface area contributed by atoms with Crippen LogP contribution in [0, 0.1) is 11.6 Å². The molecule has 1 aromatic carbocycles. The lowest BCUT2D eigenvalue weighted by molar-refractivity contribution is -0.139. The Morgan fingerprint density at radius 3 is 2.35 bits per heavy atom. The molecule has 0 fully saturated rings. The zero-order chi connectivity index (χ0) is 17.3. The summed E-state index contributed by atoms with van der Waals surface area (Å²) in [7, 11) is 2.88. The van der Waals surface area contributed by atoms with Crippen LogP contribution in [0.3, 0.4) is 0 Å². The number of benzene rings is 1. The molecule has 1 unspecified atom stereocenters. The molecule has 5 nitrogen and oxygen atoms in total. The molecule has 0 aromatic heterocycles. The molecule has 0 spiro atoms. The van der Waals surface area contributed by atoms with Crippen molar-refractivity contribution in [1.82, 2.24) is 9.80 Å². The Kier molecular flexibility index (Phi) is 4.68. The largest absolute Gasteiger partial charge is 0.463 e. The smallest absolute Gasteiger partial charge is 0.338 e. The molecular weight excluding hydrogens is 306 g/mol. The molecule has 0 N–H and O–H groups in total. The number of nitrogens with zero attached hydrogens (tertiary/aromatic N) is 2. The summed E-state index contributed by atoms with van der Waals surface area (Å²) in [5.74, 6) is -2.36. The number of rotatable bonds is 3. The van der Waals surface area contributed by atoms with Gasteiger partial charge in [0.25, 0.3) is 0 Å². The Balaban J connectivity index is 2.70. The van der Waals surface area contributed by atoms with Crippen molar-refractivity contribution in [2.45, 2.75) is 19.9 Å². The van der Waals surface area contributed by atoms with E-state index in [9.17, 15) is 18.4 Å². The van der Waals surface area contributed by atoms with Crippen LogP contribution in [0.4, 0.5) is 13.6 Å². The highest BCUT2D eigenvalue weighted by molar-refractivity contribution is 5.95. The fourth-order valence-corrected chi connectivity index (χ4v) is 2.64. The normalized spacial score (nSPS) is 18.5. The number of urea groups is 1. The summed E-state index contributed by atoms with van der Waals surface area (Å²) in [6, 6.07) is 1.76. The minimum Gasteiger partial charge on any atom is -0.463 e. The predicted octanol–water partition coefficient (Wildman–Crippen LogP) is 2.84. The zero-order valence-electron chi connectivity index (χ0n) is 13.4. The Bertz CT molecular complexity index is 668. The number of amides is 2. The lowest BCUT2D eigenvalue weighted by Gasteiger charge is -2.39. The maximum Gasteiger partial charge on any atom is 0.338 e. The molecule has 124 valence electrons. The van der Waals surface area contributed by atoms with E-state index in [0.717, 1.165) is 17.0 Å². The van der Waals surface area contributed by atoms with Crippen LogP contribution in [0.1, 0.15) is 25.5 Å². The van der Waals surface area contributed by atoms with Crippen LogP contribution in [0.2, 0.25) is 0 Å². The van der Waals surface area contributed by atoms with Gasteiger partial charge in [0.15, 0.2) is 0 Å². The van der Waals surface area contributed by atoms with Gasteiger partial charge in [-0.3, -0.25) is 0 Å². The molecule has 2 rings (SSSR count). The minimum atomic E-state index is -1.18. The first-order valence-corrected chi connectivity index (χ1v) is 7.13. The molecular formula is C16H18F2N2O3. The molecule has 1 atom stereocenters. The van der Waals surface area contributed by atoms with E-state index < -0.39 is 29.7 Å². The molecule has 0 radical (unpaired) electrons. The Labute approximate surface area is 133 Å². The van der Waals surface area contributed by atoms with Gasteiger partial charge in [0.2, 0.25) is 0 Å². The van der Waals surface area contributed by atoms with Gasteiger partial charge in [0.1, 0.15) is 11.6 Å². The number of likely N-dealkylation sites (N-methyl/N-ethyl adjacent to an activating group) is 1. The van der Waals surface area contributed by atoms with Crippen LogP contribution in [-0.2, 0) is 9.53 Å². The summed E-state index contributed by atoms with van der Waals surface area (Å²) in [5, 5.41) is 0. The second-order valence-corrected chi connectivity index (χ2v) is 5.21. The van der Waals surface area contributed by atoms with Gasteiger partial charge in [-0.2, -0.15) is 0 Å². The van der Waals surface area contributed by atoms with Gasteiger partial charge in [-0.15, -0.1) is 0 Å². The first kappa shape index (κ1) is 16.9. The molecule has 1 heterocycles. The second-order valence-electron chi connectivity index (χ2n) is 5.21. The summed E-state index contributed by atoms with van der Waals surface area (Å²) >= 11 is 0. The number of ether oxygens (including phenoxy) is 1. The molecule has 23 heavy (non-hydrogen) atoms. The number of allylic oxidation sites excluding steroid dienone is 1. The van der Waals surface area contributed by atoms with Crippen LogP contribution in [0.5, 0.6) is 0 Å². The third-order valence-corrected chi connectivity index (χ3v) is 3.91. The summed E-state index contributed by atoms with van der Waals surface area (Å²) in [4.78, 5) is 27.0. The summed E-state index contributed by atoms with van der Waals surface area (Å²) in [6.45, 7) is 3.29. The van der Waals surface area contributed by atoms with Crippen LogP contribution in [0.15, 0.2) is 29.5 Å². The number of carbonyl (C=O) groups is 2. The molecule has 2 amide bonds. The van der Waals surface area contributed by atoms with Crippen molar-refractivity contribution in [2.24, 2.45) is 0 Å². The fraction of sp³-hybridized carbons (Fsp3) is 0.375. The van der Waals surface area contributed by atoms with Gasteiger partial charge in [0, 0.05) is 19.8 Å². The minimum absolute atomic E-state index is 0.0421. The monoisotopic (exact) mass is 324 g/mol. The van der Waals surface area contributed by atoms with E-state index in [1.54, 1.807) is 13.8 Å². The number of carbonyl (C=O) groups excluding carboxylic acids is 2. The van der Waals surface area contributed by atoms with Crippen LogP contribution < -0.4 is 0 Å². The van der Waals surface area contributed by atoms with E-state index in [2.05, 4.69) is 0 Å². The molecule has 0 bridgehead atoms. The molecule has 1 aliphatic heterocycles. The number of hydrogen-bond donors (Lipinski definition) is 0. The van der Waals surface area contributed by atoms with Gasteiger partial charge >= 0.3 is 12.0 Å². The van der Waals surface area contributed by atoms with Gasteiger partial charge in [0.05, 0.1) is 23.8 Å². The van der Waals surface area contributed by atoms with Gasteiger partial charge in [-0.25, -0.2) is 18.4 Å². The SMILES string of the molecule is CCOC(=O)C1=C(C)N(C)C(=O)N(C)C1c1c(F)cccc1F. The Morgan fingerprint density at radius 2 is 1.83 bits per heavy atom. The molecule has 0 aliphatic carbocycles. The fourth-order valence-electron chi connectivity index (χ4n) is 2.64. The second kappa shape index (κ2) is 6.36. The van der Waals surface area contributed by atoms with E-state index in [1.165, 1.54) is 25.1 Å². The average molecular weight is 324 g/mol.